The van der Waals surface area contributed by atoms with Crippen molar-refractivity contribution in [1.29, 1.82) is 0 Å². The maximum atomic E-state index is 13.0. The van der Waals surface area contributed by atoms with Crippen molar-refractivity contribution < 1.29 is 27.5 Å². The minimum absolute atomic E-state index is 0.0513. The van der Waals surface area contributed by atoms with E-state index >= 15 is 0 Å². The Balaban J connectivity index is 1.64. The van der Waals surface area contributed by atoms with Crippen LogP contribution in [0, 0.1) is 0 Å². The van der Waals surface area contributed by atoms with Crippen molar-refractivity contribution in [2.45, 2.75) is 11.3 Å². The molecular weight excluding hydrogens is 424 g/mol. The molecule has 2 N–H and O–H groups in total. The maximum absolute atomic E-state index is 13.0. The minimum Gasteiger partial charge on any atom is -0.495 e. The van der Waals surface area contributed by atoms with Gasteiger partial charge in [0.25, 0.3) is 5.91 Å². The van der Waals surface area contributed by atoms with Gasteiger partial charge in [-0.05, 0) is 30.3 Å². The Hall–Kier alpha value is -3.02. The first-order chi connectivity index (χ1) is 14.9. The van der Waals surface area contributed by atoms with Gasteiger partial charge in [0.05, 0.1) is 32.2 Å². The molecule has 0 unspecified atom stereocenters. The predicted octanol–water partition coefficient (Wildman–Crippen LogP) is 0.870. The van der Waals surface area contributed by atoms with Crippen LogP contribution >= 0.6 is 0 Å². The van der Waals surface area contributed by atoms with E-state index in [-0.39, 0.29) is 48.2 Å². The molecule has 0 radical (unpaired) electrons. The first-order valence-electron chi connectivity index (χ1n) is 9.66. The number of methoxy groups -OCH3 is 1. The molecule has 1 aliphatic heterocycles. The molecule has 2 amide bonds. The van der Waals surface area contributed by atoms with Gasteiger partial charge >= 0.3 is 0 Å². The second-order valence-electron chi connectivity index (χ2n) is 6.68. The molecule has 10 nitrogen and oxygen atoms in total. The Bertz CT molecular complexity index is 1020. The number of hydrogen-bond donors (Lipinski definition) is 2. The lowest BCUT2D eigenvalue weighted by Crippen LogP contribution is -2.40. The average molecular weight is 449 g/mol. The fourth-order valence-electron chi connectivity index (χ4n) is 3.00. The molecule has 3 rings (SSSR count). The summed E-state index contributed by atoms with van der Waals surface area (Å²) in [5.41, 5.74) is 0.715. The Labute approximate surface area is 180 Å². The summed E-state index contributed by atoms with van der Waals surface area (Å²) in [6.45, 7) is 1.16. The van der Waals surface area contributed by atoms with Gasteiger partial charge in [-0.3, -0.25) is 14.6 Å². The molecule has 2 aromatic rings. The molecule has 0 aliphatic carbocycles. The van der Waals surface area contributed by atoms with E-state index in [1.165, 1.54) is 35.8 Å². The second-order valence-corrected chi connectivity index (χ2v) is 8.58. The monoisotopic (exact) mass is 448 g/mol. The van der Waals surface area contributed by atoms with Gasteiger partial charge in [0.1, 0.15) is 10.6 Å². The van der Waals surface area contributed by atoms with Gasteiger partial charge in [0.2, 0.25) is 15.9 Å². The van der Waals surface area contributed by atoms with Gasteiger partial charge in [-0.1, -0.05) is 0 Å². The summed E-state index contributed by atoms with van der Waals surface area (Å²) in [6.07, 6.45) is 3.16. The van der Waals surface area contributed by atoms with Crippen molar-refractivity contribution in [3.8, 4) is 5.75 Å². The molecule has 1 aliphatic rings. The highest BCUT2D eigenvalue weighted by molar-refractivity contribution is 7.89. The Morgan fingerprint density at radius 1 is 1.23 bits per heavy atom. The van der Waals surface area contributed by atoms with Crippen LogP contribution in [0.5, 0.6) is 5.75 Å². The third-order valence-corrected chi connectivity index (χ3v) is 6.52. The van der Waals surface area contributed by atoms with E-state index in [4.69, 9.17) is 9.47 Å². The van der Waals surface area contributed by atoms with Gasteiger partial charge in [0, 0.05) is 37.8 Å². The van der Waals surface area contributed by atoms with Gasteiger partial charge in [-0.25, -0.2) is 8.42 Å². The van der Waals surface area contributed by atoms with Crippen LogP contribution in [0.25, 0.3) is 0 Å². The molecule has 2 heterocycles. The minimum atomic E-state index is -3.85. The quantitative estimate of drug-likeness (QED) is 0.613. The van der Waals surface area contributed by atoms with Crippen molar-refractivity contribution in [3.63, 3.8) is 0 Å². The Morgan fingerprint density at radius 3 is 2.68 bits per heavy atom. The van der Waals surface area contributed by atoms with Crippen molar-refractivity contribution in [2.24, 2.45) is 0 Å². The second kappa shape index (κ2) is 10.3. The van der Waals surface area contributed by atoms with Crippen molar-refractivity contribution in [3.05, 3.63) is 48.3 Å². The fraction of sp³-hybridized carbons (Fsp3) is 0.350. The van der Waals surface area contributed by atoms with Crippen LogP contribution < -0.4 is 15.4 Å². The van der Waals surface area contributed by atoms with Crippen molar-refractivity contribution in [1.82, 2.24) is 14.6 Å². The SMILES string of the molecule is COc1ccc(C(=O)NCCC(=O)Nc2cccnc2)cc1S(=O)(=O)N1CCOCC1. The number of carbonyl (C=O) groups excluding carboxylic acids is 2. The number of ether oxygens (including phenoxy) is 2. The number of aromatic nitrogens is 1. The lowest BCUT2D eigenvalue weighted by Gasteiger charge is -2.26. The van der Waals surface area contributed by atoms with Gasteiger partial charge in [-0.2, -0.15) is 4.31 Å². The molecule has 1 fully saturated rings. The topological polar surface area (TPSA) is 127 Å². The maximum Gasteiger partial charge on any atom is 0.251 e. The highest BCUT2D eigenvalue weighted by Gasteiger charge is 2.30. The number of hydrogen-bond acceptors (Lipinski definition) is 7. The third-order valence-electron chi connectivity index (χ3n) is 4.60. The molecule has 1 saturated heterocycles. The van der Waals surface area contributed by atoms with Crippen LogP contribution in [0.3, 0.4) is 0 Å². The molecule has 0 atom stereocenters. The predicted molar refractivity (Wildman–Crippen MR) is 112 cm³/mol. The summed E-state index contributed by atoms with van der Waals surface area (Å²) in [4.78, 5) is 28.3. The van der Waals surface area contributed by atoms with E-state index < -0.39 is 15.9 Å². The van der Waals surface area contributed by atoms with Crippen molar-refractivity contribution in [2.75, 3.05) is 45.3 Å². The largest absolute Gasteiger partial charge is 0.495 e. The Morgan fingerprint density at radius 2 is 2.00 bits per heavy atom. The smallest absolute Gasteiger partial charge is 0.251 e. The molecule has 11 heteroatoms. The zero-order valence-electron chi connectivity index (χ0n) is 17.0. The zero-order chi connectivity index (χ0) is 22.3. The standard InChI is InChI=1S/C20H24N4O6S/c1-29-17-5-4-15(13-18(17)31(27,28)24-9-11-30-12-10-24)20(26)22-8-6-19(25)23-16-3-2-7-21-14-16/h2-5,7,13-14H,6,8-12H2,1H3,(H,22,26)(H,23,25). The highest BCUT2D eigenvalue weighted by Crippen LogP contribution is 2.28. The molecule has 31 heavy (non-hydrogen) atoms. The van der Waals surface area contributed by atoms with E-state index in [1.54, 1.807) is 18.3 Å². The van der Waals surface area contributed by atoms with E-state index in [1.807, 2.05) is 0 Å². The number of carbonyl (C=O) groups is 2. The van der Waals surface area contributed by atoms with Crippen LogP contribution in [-0.2, 0) is 19.6 Å². The molecule has 1 aromatic carbocycles. The molecule has 0 spiro atoms. The van der Waals surface area contributed by atoms with E-state index in [0.29, 0.717) is 18.9 Å². The fourth-order valence-corrected chi connectivity index (χ4v) is 4.59. The molecule has 1 aromatic heterocycles. The van der Waals surface area contributed by atoms with Crippen LogP contribution in [0.2, 0.25) is 0 Å². The molecular formula is C20H24N4O6S. The van der Waals surface area contributed by atoms with Crippen LogP contribution in [0.4, 0.5) is 5.69 Å². The summed E-state index contributed by atoms with van der Waals surface area (Å²) in [5.74, 6) is -0.618. The lowest BCUT2D eigenvalue weighted by molar-refractivity contribution is -0.116. The molecule has 0 saturated carbocycles. The normalized spacial score (nSPS) is 14.6. The van der Waals surface area contributed by atoms with Crippen molar-refractivity contribution >= 4 is 27.5 Å². The van der Waals surface area contributed by atoms with Crippen LogP contribution in [-0.4, -0.2) is 69.5 Å². The van der Waals surface area contributed by atoms with E-state index in [2.05, 4.69) is 15.6 Å². The summed E-state index contributed by atoms with van der Waals surface area (Å²) >= 11 is 0. The van der Waals surface area contributed by atoms with E-state index in [0.717, 1.165) is 0 Å². The summed E-state index contributed by atoms with van der Waals surface area (Å²) in [6, 6.07) is 7.61. The zero-order valence-corrected chi connectivity index (χ0v) is 17.9. The van der Waals surface area contributed by atoms with Gasteiger partial charge < -0.3 is 20.1 Å². The highest BCUT2D eigenvalue weighted by atomic mass is 32.2. The number of nitrogens with zero attached hydrogens (tertiary/aromatic N) is 2. The summed E-state index contributed by atoms with van der Waals surface area (Å²) in [5, 5.41) is 5.30. The number of rotatable bonds is 8. The third kappa shape index (κ3) is 5.78. The Kier molecular flexibility index (Phi) is 7.55. The molecule has 0 bridgehead atoms. The average Bonchev–Trinajstić information content (AvgIpc) is 2.79. The number of amides is 2. The summed E-state index contributed by atoms with van der Waals surface area (Å²) in [7, 11) is -2.48. The number of pyridine rings is 1. The molecule has 166 valence electrons. The summed E-state index contributed by atoms with van der Waals surface area (Å²) < 4.78 is 37.8. The lowest BCUT2D eigenvalue weighted by atomic mass is 10.2. The van der Waals surface area contributed by atoms with Crippen LogP contribution in [0.15, 0.2) is 47.6 Å². The first-order valence-corrected chi connectivity index (χ1v) is 11.1. The van der Waals surface area contributed by atoms with Crippen LogP contribution in [0.1, 0.15) is 16.8 Å². The number of anilines is 1. The first kappa shape index (κ1) is 22.7. The van der Waals surface area contributed by atoms with E-state index in [9.17, 15) is 18.0 Å². The number of nitrogens with one attached hydrogen (secondary N) is 2. The number of morpholine rings is 1. The number of benzene rings is 1. The number of sulfonamides is 1. The van der Waals surface area contributed by atoms with Gasteiger partial charge in [-0.15, -0.1) is 0 Å². The van der Waals surface area contributed by atoms with Gasteiger partial charge in [0.15, 0.2) is 0 Å².